The molecule has 16 nitrogen and oxygen atoms in total. The summed E-state index contributed by atoms with van der Waals surface area (Å²) in [6.07, 6.45) is 0.422. The van der Waals surface area contributed by atoms with Crippen molar-refractivity contribution in [3.8, 4) is 17.3 Å². The number of hydrogen-bond acceptors (Lipinski definition) is 9. The van der Waals surface area contributed by atoms with E-state index in [1.165, 1.54) is 0 Å². The third-order valence-corrected chi connectivity index (χ3v) is 9.67. The number of alkyl halides is 2. The molecule has 0 bridgehead atoms. The summed E-state index contributed by atoms with van der Waals surface area (Å²) in [5.41, 5.74) is 4.50. The van der Waals surface area contributed by atoms with Gasteiger partial charge in [-0.05, 0) is 35.2 Å². The Kier molecular flexibility index (Phi) is 11.0. The fourth-order valence-electron chi connectivity index (χ4n) is 6.86. The monoisotopic (exact) mass is 745 g/mol. The molecule has 5 amide bonds. The van der Waals surface area contributed by atoms with Gasteiger partial charge in [0.05, 0.1) is 31.8 Å². The largest absolute Gasteiger partial charge is 0.481 e. The average Bonchev–Trinajstić information content (AvgIpc) is 3.94. The minimum atomic E-state index is -3.18. The first-order chi connectivity index (χ1) is 25.8. The number of halogens is 2. The maximum Gasteiger partial charge on any atom is 0.303 e. The molecule has 3 atom stereocenters. The molecule has 282 valence electrons. The molecule has 0 spiro atoms. The number of nitrogens with zero attached hydrogens (tertiary/aromatic N) is 6. The molecular weight excluding hydrogens is 708 g/mol. The van der Waals surface area contributed by atoms with E-state index < -0.39 is 60.6 Å². The first-order valence-corrected chi connectivity index (χ1v) is 17.3. The van der Waals surface area contributed by atoms with Gasteiger partial charge in [0.25, 0.3) is 11.8 Å². The van der Waals surface area contributed by atoms with Crippen molar-refractivity contribution in [1.29, 1.82) is 5.26 Å². The van der Waals surface area contributed by atoms with Crippen LogP contribution in [0.2, 0.25) is 0 Å². The van der Waals surface area contributed by atoms with E-state index in [0.29, 0.717) is 30.9 Å². The van der Waals surface area contributed by atoms with Gasteiger partial charge in [0.2, 0.25) is 23.6 Å². The standard InChI is InChI=1S/C36H37F2N9O7/c37-36(38)14-26(15-39)47(20-36)35(54)28-12-25(34(53)42-28)13-31(49)45-16-23-2-1-3-24(27(23)18-45)17-46-19-29(43-44-46)21-4-6-22(7-5-21)33(52)41-11-10-40-30(48)8-9-32(50)51/h1-7,19,25-26,28H,8-14,16-18,20H2,(H,40,48)(H,41,52)(H,42,53)(H,50,51)/t25-,26?,28-/m0/s1. The number of nitrogens with one attached hydrogen (secondary N) is 3. The van der Waals surface area contributed by atoms with Crippen LogP contribution in [0.3, 0.4) is 0 Å². The Hall–Kier alpha value is -6.25. The van der Waals surface area contributed by atoms with Gasteiger partial charge < -0.3 is 30.9 Å². The number of hydrogen-bond donors (Lipinski definition) is 4. The summed E-state index contributed by atoms with van der Waals surface area (Å²) in [7, 11) is 0. The fraction of sp³-hybridized carbons (Fsp3) is 0.417. The highest BCUT2D eigenvalue weighted by atomic mass is 19.3. The van der Waals surface area contributed by atoms with Crippen molar-refractivity contribution in [2.24, 2.45) is 5.92 Å². The van der Waals surface area contributed by atoms with Gasteiger partial charge in [0.1, 0.15) is 17.8 Å². The first kappa shape index (κ1) is 37.5. The summed E-state index contributed by atoms with van der Waals surface area (Å²) in [6.45, 7) is 0.434. The SMILES string of the molecule is N#CC1CC(F)(F)CN1C(=O)[C@@H]1C[C@@H](CC(=O)N2Cc3cccc(Cn4cc(-c5ccc(C(=O)NCCNC(=O)CCC(=O)O)cc5)nn4)c3C2)C(=O)N1. The number of nitriles is 1. The van der Waals surface area contributed by atoms with Crippen LogP contribution in [-0.2, 0) is 43.6 Å². The lowest BCUT2D eigenvalue weighted by molar-refractivity contribution is -0.138. The van der Waals surface area contributed by atoms with Crippen LogP contribution < -0.4 is 16.0 Å². The molecule has 18 heteroatoms. The number of amides is 5. The second-order valence-corrected chi connectivity index (χ2v) is 13.6. The third kappa shape index (κ3) is 8.68. The molecule has 1 aromatic heterocycles. The maximum atomic E-state index is 13.9. The van der Waals surface area contributed by atoms with Crippen LogP contribution in [0.25, 0.3) is 11.3 Å². The van der Waals surface area contributed by atoms with E-state index in [-0.39, 0.29) is 50.6 Å². The van der Waals surface area contributed by atoms with Crippen LogP contribution in [0.5, 0.6) is 0 Å². The summed E-state index contributed by atoms with van der Waals surface area (Å²) in [5, 5.41) is 34.2. The molecule has 2 aromatic carbocycles. The van der Waals surface area contributed by atoms with Crippen LogP contribution in [-0.4, -0.2) is 103 Å². The van der Waals surface area contributed by atoms with Crippen molar-refractivity contribution in [3.63, 3.8) is 0 Å². The van der Waals surface area contributed by atoms with Gasteiger partial charge in [0.15, 0.2) is 0 Å². The van der Waals surface area contributed by atoms with Crippen molar-refractivity contribution in [1.82, 2.24) is 40.7 Å². The minimum absolute atomic E-state index is 0.0278. The predicted octanol–water partition coefficient (Wildman–Crippen LogP) is 1.20. The Morgan fingerprint density at radius 2 is 1.80 bits per heavy atom. The van der Waals surface area contributed by atoms with Crippen molar-refractivity contribution in [2.45, 2.75) is 69.7 Å². The van der Waals surface area contributed by atoms with E-state index in [0.717, 1.165) is 27.2 Å². The highest BCUT2D eigenvalue weighted by molar-refractivity contribution is 5.95. The van der Waals surface area contributed by atoms with Gasteiger partial charge in [-0.3, -0.25) is 28.8 Å². The fourth-order valence-corrected chi connectivity index (χ4v) is 6.86. The molecule has 3 aliphatic rings. The lowest BCUT2D eigenvalue weighted by atomic mass is 9.99. The zero-order valence-electron chi connectivity index (χ0n) is 29.0. The smallest absolute Gasteiger partial charge is 0.303 e. The van der Waals surface area contributed by atoms with Crippen molar-refractivity contribution in [2.75, 3.05) is 19.6 Å². The number of rotatable bonds is 13. The Bertz CT molecular complexity index is 2010. The number of carbonyl (C=O) groups is 6. The molecule has 6 rings (SSSR count). The number of carbonyl (C=O) groups excluding carboxylic acids is 5. The van der Waals surface area contributed by atoms with Gasteiger partial charge >= 0.3 is 5.97 Å². The molecule has 4 heterocycles. The summed E-state index contributed by atoms with van der Waals surface area (Å²) in [4.78, 5) is 76.2. The highest BCUT2D eigenvalue weighted by Gasteiger charge is 2.50. The predicted molar refractivity (Wildman–Crippen MR) is 183 cm³/mol. The van der Waals surface area contributed by atoms with Gasteiger partial charge in [0, 0.05) is 62.5 Å². The molecule has 1 unspecified atom stereocenters. The number of aromatic nitrogens is 3. The summed E-state index contributed by atoms with van der Waals surface area (Å²) < 4.78 is 29.5. The van der Waals surface area contributed by atoms with E-state index in [1.54, 1.807) is 46.1 Å². The number of aliphatic carboxylic acids is 1. The van der Waals surface area contributed by atoms with E-state index in [9.17, 15) is 42.8 Å². The van der Waals surface area contributed by atoms with E-state index in [1.807, 2.05) is 18.2 Å². The Balaban J connectivity index is 0.995. The number of fused-ring (bicyclic) bond motifs is 1. The Morgan fingerprint density at radius 1 is 1.04 bits per heavy atom. The molecule has 3 aromatic rings. The van der Waals surface area contributed by atoms with Crippen molar-refractivity contribution < 1.29 is 42.7 Å². The van der Waals surface area contributed by atoms with Crippen LogP contribution >= 0.6 is 0 Å². The minimum Gasteiger partial charge on any atom is -0.481 e. The molecule has 0 saturated carbocycles. The quantitative estimate of drug-likeness (QED) is 0.183. The highest BCUT2D eigenvalue weighted by Crippen LogP contribution is 2.34. The number of carboxylic acids is 1. The lowest BCUT2D eigenvalue weighted by Gasteiger charge is -2.22. The molecule has 0 radical (unpaired) electrons. The van der Waals surface area contributed by atoms with E-state index >= 15 is 0 Å². The van der Waals surface area contributed by atoms with Crippen LogP contribution in [0.1, 0.15) is 59.2 Å². The average molecular weight is 746 g/mol. The summed E-state index contributed by atoms with van der Waals surface area (Å²) in [6, 6.07) is 11.8. The van der Waals surface area contributed by atoms with Crippen molar-refractivity contribution in [3.05, 3.63) is 70.9 Å². The second kappa shape index (κ2) is 15.8. The second-order valence-electron chi connectivity index (χ2n) is 13.6. The van der Waals surface area contributed by atoms with Crippen LogP contribution in [0.15, 0.2) is 48.7 Å². The normalized spacial score (nSPS) is 19.9. The van der Waals surface area contributed by atoms with E-state index in [4.69, 9.17) is 5.11 Å². The number of likely N-dealkylation sites (tertiary alicyclic amines) is 1. The summed E-state index contributed by atoms with van der Waals surface area (Å²) >= 11 is 0. The van der Waals surface area contributed by atoms with Crippen molar-refractivity contribution >= 4 is 35.5 Å². The molecule has 54 heavy (non-hydrogen) atoms. The molecular formula is C36H37F2N9O7. The van der Waals surface area contributed by atoms with E-state index in [2.05, 4.69) is 26.3 Å². The van der Waals surface area contributed by atoms with Gasteiger partial charge in [-0.25, -0.2) is 13.5 Å². The molecule has 4 N–H and O–H groups in total. The topological polar surface area (TPSA) is 220 Å². The van der Waals surface area contributed by atoms with Gasteiger partial charge in [-0.2, -0.15) is 5.26 Å². The zero-order chi connectivity index (χ0) is 38.6. The zero-order valence-corrected chi connectivity index (χ0v) is 29.0. The van der Waals surface area contributed by atoms with Gasteiger partial charge in [-0.1, -0.05) is 35.5 Å². The Morgan fingerprint density at radius 3 is 2.54 bits per heavy atom. The molecule has 2 saturated heterocycles. The Labute approximate surface area is 307 Å². The maximum absolute atomic E-state index is 13.9. The van der Waals surface area contributed by atoms with Crippen LogP contribution in [0.4, 0.5) is 8.78 Å². The number of carboxylic acid groups (broad SMARTS) is 1. The third-order valence-electron chi connectivity index (χ3n) is 9.67. The summed E-state index contributed by atoms with van der Waals surface area (Å²) in [5.74, 6) is -7.34. The van der Waals surface area contributed by atoms with Crippen LogP contribution in [0, 0.1) is 17.2 Å². The van der Waals surface area contributed by atoms with Gasteiger partial charge in [-0.15, -0.1) is 5.10 Å². The molecule has 2 fully saturated rings. The first-order valence-electron chi connectivity index (χ1n) is 17.3. The molecule has 0 aliphatic carbocycles. The number of benzene rings is 2. The molecule has 3 aliphatic heterocycles. The lowest BCUT2D eigenvalue weighted by Crippen LogP contribution is -2.46.